The standard InChI is InChI=1S/C18H18N4O3/c1-21-9-13(18(24)22-7-6-11(8-22)17(19)23)16(20-21)14-10-25-15-5-3-2-4-12(14)15/h2-5,9-11H,6-8H2,1H3,(H2,19,23)/t11-/m1/s1. The molecule has 0 unspecified atom stereocenters. The number of hydrogen-bond acceptors (Lipinski definition) is 4. The molecule has 2 N–H and O–H groups in total. The summed E-state index contributed by atoms with van der Waals surface area (Å²) in [5, 5.41) is 5.38. The lowest BCUT2D eigenvalue weighted by molar-refractivity contribution is -0.121. The summed E-state index contributed by atoms with van der Waals surface area (Å²) >= 11 is 0. The number of nitrogens with two attached hydrogens (primary N) is 1. The van der Waals surface area contributed by atoms with Crippen LogP contribution >= 0.6 is 0 Å². The van der Waals surface area contributed by atoms with Crippen molar-refractivity contribution >= 4 is 22.8 Å². The molecule has 7 heteroatoms. The smallest absolute Gasteiger partial charge is 0.257 e. The summed E-state index contributed by atoms with van der Waals surface area (Å²) in [6, 6.07) is 7.63. The molecule has 128 valence electrons. The molecular formula is C18H18N4O3. The Morgan fingerprint density at radius 2 is 2.12 bits per heavy atom. The number of carbonyl (C=O) groups is 2. The van der Waals surface area contributed by atoms with E-state index in [1.54, 1.807) is 29.1 Å². The second-order valence-corrected chi connectivity index (χ2v) is 6.35. The summed E-state index contributed by atoms with van der Waals surface area (Å²) in [7, 11) is 1.78. The van der Waals surface area contributed by atoms with E-state index in [0.29, 0.717) is 30.8 Å². The summed E-state index contributed by atoms with van der Waals surface area (Å²) in [5.41, 5.74) is 7.98. The minimum Gasteiger partial charge on any atom is -0.464 e. The van der Waals surface area contributed by atoms with Crippen LogP contribution in [0.2, 0.25) is 0 Å². The number of aromatic nitrogens is 2. The molecule has 25 heavy (non-hydrogen) atoms. The van der Waals surface area contributed by atoms with Crippen molar-refractivity contribution in [1.82, 2.24) is 14.7 Å². The molecule has 1 saturated heterocycles. The van der Waals surface area contributed by atoms with Crippen LogP contribution in [0, 0.1) is 5.92 Å². The monoisotopic (exact) mass is 338 g/mol. The summed E-state index contributed by atoms with van der Waals surface area (Å²) in [6.45, 7) is 0.877. The van der Waals surface area contributed by atoms with E-state index in [4.69, 9.17) is 10.2 Å². The molecule has 1 atom stereocenters. The number of furan rings is 1. The van der Waals surface area contributed by atoms with Crippen LogP contribution in [0.5, 0.6) is 0 Å². The van der Waals surface area contributed by atoms with Crippen LogP contribution in [0.25, 0.3) is 22.2 Å². The molecular weight excluding hydrogens is 320 g/mol. The van der Waals surface area contributed by atoms with Gasteiger partial charge < -0.3 is 15.1 Å². The SMILES string of the molecule is Cn1cc(C(=O)N2CC[C@@H](C(N)=O)C2)c(-c2coc3ccccc23)n1. The fourth-order valence-electron chi connectivity index (χ4n) is 3.35. The van der Waals surface area contributed by atoms with E-state index in [0.717, 1.165) is 16.5 Å². The molecule has 0 aliphatic carbocycles. The Kier molecular flexibility index (Phi) is 3.56. The van der Waals surface area contributed by atoms with Crippen LogP contribution in [0.4, 0.5) is 0 Å². The number of primary amides is 1. The fraction of sp³-hybridized carbons (Fsp3) is 0.278. The Labute approximate surface area is 144 Å². The number of nitrogens with zero attached hydrogens (tertiary/aromatic N) is 3. The van der Waals surface area contributed by atoms with Crippen molar-refractivity contribution in [2.75, 3.05) is 13.1 Å². The third-order valence-electron chi connectivity index (χ3n) is 4.67. The van der Waals surface area contributed by atoms with Gasteiger partial charge in [-0.25, -0.2) is 0 Å². The molecule has 0 radical (unpaired) electrons. The second kappa shape index (κ2) is 5.77. The zero-order valence-corrected chi connectivity index (χ0v) is 13.8. The largest absolute Gasteiger partial charge is 0.464 e. The maximum atomic E-state index is 13.0. The Hall–Kier alpha value is -3.09. The van der Waals surface area contributed by atoms with Gasteiger partial charge >= 0.3 is 0 Å². The predicted octanol–water partition coefficient (Wildman–Crippen LogP) is 1.78. The van der Waals surface area contributed by atoms with Crippen molar-refractivity contribution < 1.29 is 14.0 Å². The molecule has 1 fully saturated rings. The average molecular weight is 338 g/mol. The van der Waals surface area contributed by atoms with Gasteiger partial charge in [0.05, 0.1) is 11.5 Å². The summed E-state index contributed by atoms with van der Waals surface area (Å²) in [5.74, 6) is -0.779. The first-order valence-electron chi connectivity index (χ1n) is 8.13. The van der Waals surface area contributed by atoms with Gasteiger partial charge in [-0.2, -0.15) is 5.10 Å². The van der Waals surface area contributed by atoms with Crippen LogP contribution in [0.1, 0.15) is 16.8 Å². The number of carbonyl (C=O) groups excluding carboxylic acids is 2. The van der Waals surface area contributed by atoms with Gasteiger partial charge in [-0.3, -0.25) is 14.3 Å². The van der Waals surface area contributed by atoms with E-state index in [1.165, 1.54) is 0 Å². The van der Waals surface area contributed by atoms with Crippen molar-refractivity contribution in [2.45, 2.75) is 6.42 Å². The van der Waals surface area contributed by atoms with E-state index in [-0.39, 0.29) is 17.7 Å². The number of rotatable bonds is 3. The van der Waals surface area contributed by atoms with Gasteiger partial charge in [-0.15, -0.1) is 0 Å². The van der Waals surface area contributed by atoms with E-state index >= 15 is 0 Å². The van der Waals surface area contributed by atoms with Crippen LogP contribution in [-0.2, 0) is 11.8 Å². The molecule has 2 amide bonds. The first-order valence-corrected chi connectivity index (χ1v) is 8.13. The quantitative estimate of drug-likeness (QED) is 0.787. The first kappa shape index (κ1) is 15.4. The van der Waals surface area contributed by atoms with Gasteiger partial charge in [-0.05, 0) is 12.5 Å². The topological polar surface area (TPSA) is 94.4 Å². The highest BCUT2D eigenvalue weighted by Gasteiger charge is 2.32. The number of amides is 2. The Bertz CT molecular complexity index is 972. The molecule has 1 aliphatic rings. The lowest BCUT2D eigenvalue weighted by Gasteiger charge is -2.15. The van der Waals surface area contributed by atoms with Crippen molar-refractivity contribution in [3.63, 3.8) is 0 Å². The number of likely N-dealkylation sites (tertiary alicyclic amines) is 1. The molecule has 1 aliphatic heterocycles. The van der Waals surface area contributed by atoms with Gasteiger partial charge in [0.2, 0.25) is 5.91 Å². The van der Waals surface area contributed by atoms with E-state index in [2.05, 4.69) is 5.10 Å². The summed E-state index contributed by atoms with van der Waals surface area (Å²) in [6.07, 6.45) is 3.93. The third kappa shape index (κ3) is 2.57. The summed E-state index contributed by atoms with van der Waals surface area (Å²) < 4.78 is 7.20. The van der Waals surface area contributed by atoms with Crippen molar-refractivity contribution in [2.24, 2.45) is 18.7 Å². The maximum Gasteiger partial charge on any atom is 0.257 e. The van der Waals surface area contributed by atoms with Crippen LogP contribution in [0.15, 0.2) is 41.1 Å². The van der Waals surface area contributed by atoms with E-state index in [1.807, 2.05) is 24.3 Å². The Balaban J connectivity index is 1.72. The fourth-order valence-corrected chi connectivity index (χ4v) is 3.35. The maximum absolute atomic E-state index is 13.0. The molecule has 3 aromatic rings. The molecule has 7 nitrogen and oxygen atoms in total. The second-order valence-electron chi connectivity index (χ2n) is 6.35. The zero-order valence-electron chi connectivity index (χ0n) is 13.8. The van der Waals surface area contributed by atoms with Gasteiger partial charge in [-0.1, -0.05) is 18.2 Å². The van der Waals surface area contributed by atoms with Crippen LogP contribution in [-0.4, -0.2) is 39.6 Å². The minimum atomic E-state index is -0.359. The number of benzene rings is 1. The molecule has 0 saturated carbocycles. The first-order chi connectivity index (χ1) is 12.0. The number of fused-ring (bicyclic) bond motifs is 1. The van der Waals surface area contributed by atoms with Crippen LogP contribution < -0.4 is 5.73 Å². The highest BCUT2D eigenvalue weighted by Crippen LogP contribution is 2.32. The molecule has 3 heterocycles. The van der Waals surface area contributed by atoms with Crippen molar-refractivity contribution in [3.8, 4) is 11.3 Å². The lowest BCUT2D eigenvalue weighted by Crippen LogP contribution is -2.31. The van der Waals surface area contributed by atoms with E-state index in [9.17, 15) is 9.59 Å². The normalized spacial score (nSPS) is 17.3. The molecule has 0 spiro atoms. The van der Waals surface area contributed by atoms with Gasteiger partial charge in [0.25, 0.3) is 5.91 Å². The molecule has 2 aromatic heterocycles. The third-order valence-corrected chi connectivity index (χ3v) is 4.67. The van der Waals surface area contributed by atoms with Gasteiger partial charge in [0.1, 0.15) is 17.5 Å². The van der Waals surface area contributed by atoms with Gasteiger partial charge in [0.15, 0.2) is 0 Å². The number of para-hydroxylation sites is 1. The molecule has 0 bridgehead atoms. The molecule has 1 aromatic carbocycles. The Morgan fingerprint density at radius 1 is 1.32 bits per heavy atom. The highest BCUT2D eigenvalue weighted by atomic mass is 16.3. The van der Waals surface area contributed by atoms with Crippen molar-refractivity contribution in [1.29, 1.82) is 0 Å². The zero-order chi connectivity index (χ0) is 17.6. The lowest BCUT2D eigenvalue weighted by atomic mass is 10.1. The molecule has 4 rings (SSSR count). The van der Waals surface area contributed by atoms with E-state index < -0.39 is 0 Å². The van der Waals surface area contributed by atoms with Crippen molar-refractivity contribution in [3.05, 3.63) is 42.3 Å². The number of aryl methyl sites for hydroxylation is 1. The summed E-state index contributed by atoms with van der Waals surface area (Å²) in [4.78, 5) is 26.0. The predicted molar refractivity (Wildman–Crippen MR) is 91.6 cm³/mol. The minimum absolute atomic E-state index is 0.142. The Morgan fingerprint density at radius 3 is 2.88 bits per heavy atom. The van der Waals surface area contributed by atoms with Gasteiger partial charge in [0, 0.05) is 37.3 Å². The van der Waals surface area contributed by atoms with Crippen LogP contribution in [0.3, 0.4) is 0 Å². The average Bonchev–Trinajstić information content (AvgIpc) is 3.31. The number of hydrogen-bond donors (Lipinski definition) is 1. The highest BCUT2D eigenvalue weighted by molar-refractivity contribution is 6.04.